The van der Waals surface area contributed by atoms with Crippen LogP contribution in [0.5, 0.6) is 5.75 Å². The van der Waals surface area contributed by atoms with Crippen LogP contribution in [0.2, 0.25) is 0 Å². The van der Waals surface area contributed by atoms with Gasteiger partial charge < -0.3 is 15.8 Å². The van der Waals surface area contributed by atoms with E-state index in [-0.39, 0.29) is 17.9 Å². The fraction of sp³-hybridized carbons (Fsp3) is 0.682. The van der Waals surface area contributed by atoms with E-state index in [1.165, 1.54) is 19.3 Å². The van der Waals surface area contributed by atoms with Crippen molar-refractivity contribution < 1.29 is 9.53 Å². The van der Waals surface area contributed by atoms with Gasteiger partial charge in [-0.15, -0.1) is 0 Å². The lowest BCUT2D eigenvalue weighted by molar-refractivity contribution is -0.128. The van der Waals surface area contributed by atoms with Crippen LogP contribution in [0.1, 0.15) is 63.5 Å². The highest BCUT2D eigenvalue weighted by molar-refractivity contribution is 5.80. The molecule has 5 nitrogen and oxygen atoms in total. The lowest BCUT2D eigenvalue weighted by Crippen LogP contribution is -2.53. The summed E-state index contributed by atoms with van der Waals surface area (Å²) in [4.78, 5) is 15.4. The van der Waals surface area contributed by atoms with Crippen LogP contribution >= 0.6 is 0 Å². The summed E-state index contributed by atoms with van der Waals surface area (Å²) in [6.45, 7) is 4.76. The monoisotopic (exact) mass is 373 g/mol. The van der Waals surface area contributed by atoms with E-state index >= 15 is 0 Å². The minimum Gasteiger partial charge on any atom is -0.496 e. The molecule has 1 amide bonds. The topological polar surface area (TPSA) is 67.6 Å². The molecule has 3 unspecified atom stereocenters. The summed E-state index contributed by atoms with van der Waals surface area (Å²) in [7, 11) is 1.71. The summed E-state index contributed by atoms with van der Waals surface area (Å²) >= 11 is 0. The number of nitrogens with two attached hydrogens (primary N) is 1. The zero-order valence-corrected chi connectivity index (χ0v) is 16.9. The molecule has 2 aliphatic rings. The number of hydrogen-bond acceptors (Lipinski definition) is 4. The van der Waals surface area contributed by atoms with E-state index in [2.05, 4.69) is 22.3 Å². The molecule has 0 spiro atoms. The average Bonchev–Trinajstić information content (AvgIpc) is 2.69. The Morgan fingerprint density at radius 1 is 1.26 bits per heavy atom. The third kappa shape index (κ3) is 4.82. The maximum atomic E-state index is 12.9. The van der Waals surface area contributed by atoms with Crippen molar-refractivity contribution in [3.8, 4) is 5.75 Å². The van der Waals surface area contributed by atoms with Crippen molar-refractivity contribution >= 4 is 5.91 Å². The number of para-hydroxylation sites is 1. The van der Waals surface area contributed by atoms with Crippen molar-refractivity contribution in [1.29, 1.82) is 0 Å². The number of hydrogen-bond donors (Lipinski definition) is 2. The van der Waals surface area contributed by atoms with E-state index in [0.717, 1.165) is 50.1 Å². The normalized spacial score (nSPS) is 27.7. The number of nitrogens with one attached hydrogen (secondary N) is 1. The minimum atomic E-state index is -0.395. The fourth-order valence-electron chi connectivity index (χ4n) is 4.72. The van der Waals surface area contributed by atoms with Crippen LogP contribution in [-0.2, 0) is 4.79 Å². The van der Waals surface area contributed by atoms with Crippen molar-refractivity contribution in [3.63, 3.8) is 0 Å². The van der Waals surface area contributed by atoms with Gasteiger partial charge in [0, 0.05) is 17.6 Å². The molecule has 150 valence electrons. The summed E-state index contributed by atoms with van der Waals surface area (Å²) in [6, 6.07) is 8.31. The number of piperidine rings is 1. The van der Waals surface area contributed by atoms with Gasteiger partial charge in [0.2, 0.25) is 5.91 Å². The lowest BCUT2D eigenvalue weighted by atomic mass is 9.74. The van der Waals surface area contributed by atoms with E-state index in [4.69, 9.17) is 10.5 Å². The smallest absolute Gasteiger partial charge is 0.225 e. The molecular formula is C22H35N3O2. The molecule has 0 bridgehead atoms. The van der Waals surface area contributed by atoms with Crippen molar-refractivity contribution in [1.82, 2.24) is 10.2 Å². The third-order valence-corrected chi connectivity index (χ3v) is 6.37. The predicted molar refractivity (Wildman–Crippen MR) is 109 cm³/mol. The van der Waals surface area contributed by atoms with Gasteiger partial charge in [-0.1, -0.05) is 37.5 Å². The molecule has 3 rings (SSSR count). The summed E-state index contributed by atoms with van der Waals surface area (Å²) in [6.07, 6.45) is 7.73. The van der Waals surface area contributed by atoms with Crippen molar-refractivity contribution in [2.45, 2.75) is 63.5 Å². The van der Waals surface area contributed by atoms with Gasteiger partial charge in [0.15, 0.2) is 0 Å². The van der Waals surface area contributed by atoms with E-state index < -0.39 is 5.54 Å². The van der Waals surface area contributed by atoms with Gasteiger partial charge in [0.05, 0.1) is 19.1 Å². The van der Waals surface area contributed by atoms with Crippen LogP contribution < -0.4 is 15.8 Å². The number of methoxy groups -OCH3 is 1. The molecule has 1 aromatic carbocycles. The van der Waals surface area contributed by atoms with Gasteiger partial charge >= 0.3 is 0 Å². The lowest BCUT2D eigenvalue weighted by Gasteiger charge is -2.39. The first-order valence-electron chi connectivity index (χ1n) is 10.5. The Balaban J connectivity index is 1.74. The molecule has 1 aliphatic carbocycles. The second kappa shape index (κ2) is 9.07. The number of benzene rings is 1. The number of carbonyl (C=O) groups excluding carboxylic acids is 1. The molecule has 1 aliphatic heterocycles. The number of carbonyl (C=O) groups is 1. The van der Waals surface area contributed by atoms with Crippen LogP contribution in [0.25, 0.3) is 0 Å². The Bertz CT molecular complexity index is 626. The molecule has 3 N–H and O–H groups in total. The van der Waals surface area contributed by atoms with E-state index in [1.807, 2.05) is 19.1 Å². The van der Waals surface area contributed by atoms with E-state index in [1.54, 1.807) is 7.11 Å². The SMILES string of the molecule is COc1ccccc1C(CNC(=O)C1CCCCC1(C)N)N1CCCCC1. The quantitative estimate of drug-likeness (QED) is 0.803. The van der Waals surface area contributed by atoms with E-state index in [9.17, 15) is 4.79 Å². The van der Waals surface area contributed by atoms with Gasteiger partial charge in [-0.25, -0.2) is 0 Å². The molecule has 3 atom stereocenters. The van der Waals surface area contributed by atoms with Gasteiger partial charge in [-0.05, 0) is 51.8 Å². The van der Waals surface area contributed by atoms with Crippen LogP contribution in [0.4, 0.5) is 0 Å². The maximum absolute atomic E-state index is 12.9. The van der Waals surface area contributed by atoms with Crippen molar-refractivity contribution in [3.05, 3.63) is 29.8 Å². The molecule has 5 heteroatoms. The first-order valence-corrected chi connectivity index (χ1v) is 10.5. The highest BCUT2D eigenvalue weighted by Crippen LogP contribution is 2.33. The number of nitrogens with zero attached hydrogens (tertiary/aromatic N) is 1. The van der Waals surface area contributed by atoms with Gasteiger partial charge in [-0.2, -0.15) is 0 Å². The second-order valence-electron chi connectivity index (χ2n) is 8.40. The number of ether oxygens (including phenoxy) is 1. The molecule has 0 aromatic heterocycles. The van der Waals surface area contributed by atoms with Crippen molar-refractivity contribution in [2.24, 2.45) is 11.7 Å². The fourth-order valence-corrected chi connectivity index (χ4v) is 4.72. The largest absolute Gasteiger partial charge is 0.496 e. The standard InChI is InChI=1S/C22H35N3O2/c1-22(23)13-7-6-11-18(22)21(26)24-16-19(25-14-8-3-9-15-25)17-10-4-5-12-20(17)27-2/h4-5,10,12,18-19H,3,6-9,11,13-16,23H2,1-2H3,(H,24,26). The predicted octanol–water partition coefficient (Wildman–Crippen LogP) is 3.25. The van der Waals surface area contributed by atoms with Crippen LogP contribution in [0.15, 0.2) is 24.3 Å². The van der Waals surface area contributed by atoms with Gasteiger partial charge in [0.25, 0.3) is 0 Å². The summed E-state index contributed by atoms with van der Waals surface area (Å²) in [5.74, 6) is 0.909. The van der Waals surface area contributed by atoms with Crippen LogP contribution in [0, 0.1) is 5.92 Å². The molecule has 1 aromatic rings. The first-order chi connectivity index (χ1) is 13.0. The Labute approximate surface area is 163 Å². The molecule has 1 saturated heterocycles. The number of likely N-dealkylation sites (tertiary alicyclic amines) is 1. The van der Waals surface area contributed by atoms with Crippen molar-refractivity contribution in [2.75, 3.05) is 26.7 Å². The van der Waals surface area contributed by atoms with E-state index in [0.29, 0.717) is 6.54 Å². The van der Waals surface area contributed by atoms with Gasteiger partial charge in [-0.3, -0.25) is 9.69 Å². The zero-order valence-electron chi connectivity index (χ0n) is 16.9. The van der Waals surface area contributed by atoms with Crippen LogP contribution in [0.3, 0.4) is 0 Å². The first kappa shape index (κ1) is 20.2. The Morgan fingerprint density at radius 2 is 2.00 bits per heavy atom. The molecule has 1 heterocycles. The highest BCUT2D eigenvalue weighted by Gasteiger charge is 2.38. The Kier molecular flexibility index (Phi) is 6.77. The molecular weight excluding hydrogens is 338 g/mol. The summed E-state index contributed by atoms with van der Waals surface area (Å²) < 4.78 is 5.61. The summed E-state index contributed by atoms with van der Waals surface area (Å²) in [5.41, 5.74) is 7.20. The molecule has 0 radical (unpaired) electrons. The molecule has 1 saturated carbocycles. The highest BCUT2D eigenvalue weighted by atomic mass is 16.5. The Hall–Kier alpha value is -1.59. The Morgan fingerprint density at radius 3 is 2.70 bits per heavy atom. The minimum absolute atomic E-state index is 0.0917. The molecule has 2 fully saturated rings. The van der Waals surface area contributed by atoms with Crippen LogP contribution in [-0.4, -0.2) is 43.1 Å². The summed E-state index contributed by atoms with van der Waals surface area (Å²) in [5, 5.41) is 3.24. The maximum Gasteiger partial charge on any atom is 0.225 e. The average molecular weight is 374 g/mol. The second-order valence-corrected chi connectivity index (χ2v) is 8.40. The number of amides is 1. The van der Waals surface area contributed by atoms with Gasteiger partial charge in [0.1, 0.15) is 5.75 Å². The third-order valence-electron chi connectivity index (χ3n) is 6.37. The zero-order chi connectivity index (χ0) is 19.3. The molecule has 27 heavy (non-hydrogen) atoms. The number of rotatable bonds is 6.